The third-order valence-electron chi connectivity index (χ3n) is 6.24. The molecule has 1 amide bonds. The monoisotopic (exact) mass is 550 g/mol. The van der Waals surface area contributed by atoms with Gasteiger partial charge in [-0.25, -0.2) is 0 Å². The second-order valence-corrected chi connectivity index (χ2v) is 10.7. The maximum atomic E-state index is 13.1. The van der Waals surface area contributed by atoms with Gasteiger partial charge in [0.2, 0.25) is 0 Å². The van der Waals surface area contributed by atoms with Crippen LogP contribution in [-0.4, -0.2) is 27.7 Å². The standard InChI is InChI=1S/C29H31BrN2O2S/c1-2-3-4-5-11-20-29(34)21-35-28(31-27(33)23-16-18-24(30)19-17-23)32(29)26-15-10-9-14-25(26)22-12-7-6-8-13-22/h6-10,12-19,34H,2-5,11,20-21H2,1H3. The number of hydrogen-bond donors (Lipinski definition) is 1. The highest BCUT2D eigenvalue weighted by atomic mass is 79.9. The molecule has 0 spiro atoms. The molecule has 0 bridgehead atoms. The van der Waals surface area contributed by atoms with Gasteiger partial charge in [-0.3, -0.25) is 9.69 Å². The minimum absolute atomic E-state index is 0.311. The number of carbonyl (C=O) groups excluding carboxylic acids is 1. The van der Waals surface area contributed by atoms with Gasteiger partial charge >= 0.3 is 0 Å². The van der Waals surface area contributed by atoms with Crippen molar-refractivity contribution >= 4 is 44.5 Å². The van der Waals surface area contributed by atoms with E-state index in [1.807, 2.05) is 53.4 Å². The molecule has 1 fully saturated rings. The van der Waals surface area contributed by atoms with E-state index in [9.17, 15) is 9.90 Å². The number of aliphatic hydroxyl groups is 1. The number of carbonyl (C=O) groups is 1. The van der Waals surface area contributed by atoms with Crippen molar-refractivity contribution in [2.24, 2.45) is 4.99 Å². The van der Waals surface area contributed by atoms with Gasteiger partial charge in [-0.15, -0.1) is 0 Å². The molecule has 1 aliphatic rings. The van der Waals surface area contributed by atoms with Gasteiger partial charge in [-0.2, -0.15) is 4.99 Å². The first-order valence-corrected chi connectivity index (χ1v) is 14.0. The third-order valence-corrected chi connectivity index (χ3v) is 7.91. The Hall–Kier alpha value is -2.41. The van der Waals surface area contributed by atoms with Crippen molar-refractivity contribution in [2.75, 3.05) is 10.7 Å². The number of rotatable bonds is 9. The predicted octanol–water partition coefficient (Wildman–Crippen LogP) is 7.91. The molecule has 1 heterocycles. The predicted molar refractivity (Wildman–Crippen MR) is 151 cm³/mol. The Morgan fingerprint density at radius 1 is 0.971 bits per heavy atom. The van der Waals surface area contributed by atoms with Gasteiger partial charge in [-0.05, 0) is 48.7 Å². The zero-order valence-electron chi connectivity index (χ0n) is 20.0. The van der Waals surface area contributed by atoms with Gasteiger partial charge < -0.3 is 5.11 Å². The van der Waals surface area contributed by atoms with Crippen LogP contribution in [0.5, 0.6) is 0 Å². The van der Waals surface area contributed by atoms with Crippen LogP contribution in [0, 0.1) is 0 Å². The Morgan fingerprint density at radius 2 is 1.66 bits per heavy atom. The van der Waals surface area contributed by atoms with Crippen LogP contribution in [0.25, 0.3) is 11.1 Å². The van der Waals surface area contributed by atoms with Crippen LogP contribution in [-0.2, 0) is 0 Å². The molecule has 182 valence electrons. The van der Waals surface area contributed by atoms with E-state index in [0.29, 0.717) is 22.9 Å². The lowest BCUT2D eigenvalue weighted by molar-refractivity contribution is 0.0664. The third kappa shape index (κ3) is 6.24. The summed E-state index contributed by atoms with van der Waals surface area (Å²) in [6, 6.07) is 25.4. The summed E-state index contributed by atoms with van der Waals surface area (Å²) >= 11 is 4.86. The van der Waals surface area contributed by atoms with Crippen LogP contribution in [0.1, 0.15) is 55.8 Å². The number of unbranched alkanes of at least 4 members (excludes halogenated alkanes) is 4. The molecule has 1 aliphatic heterocycles. The maximum absolute atomic E-state index is 13.1. The summed E-state index contributed by atoms with van der Waals surface area (Å²) in [4.78, 5) is 19.5. The van der Waals surface area contributed by atoms with Crippen molar-refractivity contribution in [1.29, 1.82) is 0 Å². The molecule has 0 aliphatic carbocycles. The molecule has 3 aromatic rings. The zero-order chi connectivity index (χ0) is 24.7. The topological polar surface area (TPSA) is 52.9 Å². The molecule has 35 heavy (non-hydrogen) atoms. The van der Waals surface area contributed by atoms with E-state index in [-0.39, 0.29) is 5.91 Å². The molecule has 1 unspecified atom stereocenters. The lowest BCUT2D eigenvalue weighted by Crippen LogP contribution is -2.48. The lowest BCUT2D eigenvalue weighted by Gasteiger charge is -2.35. The van der Waals surface area contributed by atoms with Crippen molar-refractivity contribution in [1.82, 2.24) is 0 Å². The number of aliphatic imine (C=N–C) groups is 1. The summed E-state index contributed by atoms with van der Waals surface area (Å²) in [7, 11) is 0. The minimum Gasteiger partial charge on any atom is -0.370 e. The van der Waals surface area contributed by atoms with Crippen molar-refractivity contribution < 1.29 is 9.90 Å². The largest absolute Gasteiger partial charge is 0.370 e. The van der Waals surface area contributed by atoms with E-state index in [0.717, 1.165) is 34.1 Å². The molecule has 3 aromatic carbocycles. The van der Waals surface area contributed by atoms with E-state index in [1.165, 1.54) is 31.0 Å². The van der Waals surface area contributed by atoms with Gasteiger partial charge in [0.05, 0.1) is 5.69 Å². The van der Waals surface area contributed by atoms with Crippen molar-refractivity contribution in [2.45, 2.75) is 51.2 Å². The molecule has 4 nitrogen and oxygen atoms in total. The van der Waals surface area contributed by atoms with Crippen molar-refractivity contribution in [3.8, 4) is 11.1 Å². The Kier molecular flexibility index (Phi) is 8.82. The van der Waals surface area contributed by atoms with Gasteiger partial charge in [0.15, 0.2) is 10.9 Å². The number of benzene rings is 3. The van der Waals surface area contributed by atoms with Crippen LogP contribution in [0.15, 0.2) is 88.3 Å². The van der Waals surface area contributed by atoms with Crippen LogP contribution < -0.4 is 4.90 Å². The van der Waals surface area contributed by atoms with Gasteiger partial charge in [0.1, 0.15) is 0 Å². The van der Waals surface area contributed by atoms with Gasteiger partial charge in [-0.1, -0.05) is 109 Å². The van der Waals surface area contributed by atoms with E-state index < -0.39 is 5.72 Å². The Bertz CT molecular complexity index is 1170. The first-order valence-electron chi connectivity index (χ1n) is 12.2. The number of thioether (sulfide) groups is 1. The smallest absolute Gasteiger partial charge is 0.279 e. The van der Waals surface area contributed by atoms with Gasteiger partial charge in [0.25, 0.3) is 5.91 Å². The number of amidine groups is 1. The summed E-state index contributed by atoms with van der Waals surface area (Å²) < 4.78 is 0.910. The second kappa shape index (κ2) is 12.0. The molecule has 0 saturated carbocycles. The number of nitrogens with zero attached hydrogens (tertiary/aromatic N) is 2. The molecule has 1 N–H and O–H groups in total. The summed E-state index contributed by atoms with van der Waals surface area (Å²) in [6.07, 6.45) is 6.20. The maximum Gasteiger partial charge on any atom is 0.279 e. The number of anilines is 1. The summed E-state index contributed by atoms with van der Waals surface area (Å²) in [5.74, 6) is 0.158. The van der Waals surface area contributed by atoms with Crippen LogP contribution in [0.4, 0.5) is 5.69 Å². The van der Waals surface area contributed by atoms with E-state index in [4.69, 9.17) is 0 Å². The highest BCUT2D eigenvalue weighted by molar-refractivity contribution is 9.10. The SMILES string of the molecule is CCCCCCCC1(O)CSC(=NC(=O)c2ccc(Br)cc2)N1c1ccccc1-c1ccccc1. The zero-order valence-corrected chi connectivity index (χ0v) is 22.4. The molecule has 0 radical (unpaired) electrons. The van der Waals surface area contributed by atoms with Crippen LogP contribution in [0.2, 0.25) is 0 Å². The fraction of sp³-hybridized carbons (Fsp3) is 0.310. The van der Waals surface area contributed by atoms with E-state index >= 15 is 0 Å². The summed E-state index contributed by atoms with van der Waals surface area (Å²) in [5, 5.41) is 12.5. The summed E-state index contributed by atoms with van der Waals surface area (Å²) in [6.45, 7) is 2.20. The van der Waals surface area contributed by atoms with Crippen LogP contribution in [0.3, 0.4) is 0 Å². The minimum atomic E-state index is -1.11. The normalized spacial score (nSPS) is 18.8. The average Bonchev–Trinajstić information content (AvgIpc) is 3.20. The number of para-hydroxylation sites is 1. The first-order chi connectivity index (χ1) is 17.0. The van der Waals surface area contributed by atoms with Gasteiger partial charge in [0, 0.05) is 21.4 Å². The van der Waals surface area contributed by atoms with E-state index in [2.05, 4.69) is 46.0 Å². The Labute approximate surface area is 220 Å². The molecule has 1 atom stereocenters. The fourth-order valence-corrected chi connectivity index (χ4v) is 5.81. The molecule has 4 rings (SSSR count). The molecule has 0 aromatic heterocycles. The lowest BCUT2D eigenvalue weighted by atomic mass is 9.99. The highest BCUT2D eigenvalue weighted by Crippen LogP contribution is 2.43. The molecular formula is C29H31BrN2O2S. The quantitative estimate of drug-likeness (QED) is 0.275. The second-order valence-electron chi connectivity index (χ2n) is 8.86. The fourth-order valence-electron chi connectivity index (χ4n) is 4.37. The number of amides is 1. The average molecular weight is 552 g/mol. The number of hydrogen-bond acceptors (Lipinski definition) is 3. The first kappa shape index (κ1) is 25.7. The van der Waals surface area contributed by atoms with Crippen LogP contribution >= 0.6 is 27.7 Å². The van der Waals surface area contributed by atoms with E-state index in [1.54, 1.807) is 12.1 Å². The van der Waals surface area contributed by atoms with Crippen molar-refractivity contribution in [3.63, 3.8) is 0 Å². The molecular weight excluding hydrogens is 520 g/mol. The Morgan fingerprint density at radius 3 is 2.40 bits per heavy atom. The van der Waals surface area contributed by atoms with Crippen molar-refractivity contribution in [3.05, 3.63) is 88.9 Å². The summed E-state index contributed by atoms with van der Waals surface area (Å²) in [5.41, 5.74) is 2.34. The number of halogens is 1. The molecule has 6 heteroatoms. The Balaban J connectivity index is 1.71. The highest BCUT2D eigenvalue weighted by Gasteiger charge is 2.45. The molecule has 1 saturated heterocycles.